The first kappa shape index (κ1) is 21.0. The van der Waals surface area contributed by atoms with Crippen molar-refractivity contribution in [3.63, 3.8) is 0 Å². The molecule has 0 atom stereocenters. The zero-order valence-corrected chi connectivity index (χ0v) is 17.4. The standard InChI is InChI=1S/C22H15Cl2FN2O4/c23-15-6-7-20(30-12-13-4-5-16(24)9-18(13)25)14(8-15)11-27-19-2-1-3-21(31-22(28)29)17(19)10-26-27/h1-10H,11-12H2,(H,28,29). The van der Waals surface area contributed by atoms with Crippen molar-refractivity contribution in [2.45, 2.75) is 13.2 Å². The summed E-state index contributed by atoms with van der Waals surface area (Å²) in [7, 11) is 0. The van der Waals surface area contributed by atoms with Crippen LogP contribution in [0.4, 0.5) is 9.18 Å². The summed E-state index contributed by atoms with van der Waals surface area (Å²) >= 11 is 12.0. The molecule has 1 heterocycles. The number of carboxylic acid groups (broad SMARTS) is 1. The summed E-state index contributed by atoms with van der Waals surface area (Å²) in [6, 6.07) is 14.5. The Hall–Kier alpha value is -3.29. The average molecular weight is 461 g/mol. The van der Waals surface area contributed by atoms with Gasteiger partial charge in [0.15, 0.2) is 0 Å². The van der Waals surface area contributed by atoms with Crippen LogP contribution in [0, 0.1) is 5.82 Å². The molecular formula is C22H15Cl2FN2O4. The number of hydrogen-bond acceptors (Lipinski definition) is 4. The van der Waals surface area contributed by atoms with Crippen LogP contribution in [0.3, 0.4) is 0 Å². The van der Waals surface area contributed by atoms with Gasteiger partial charge in [-0.15, -0.1) is 0 Å². The average Bonchev–Trinajstić information content (AvgIpc) is 3.12. The van der Waals surface area contributed by atoms with Crippen LogP contribution < -0.4 is 9.47 Å². The van der Waals surface area contributed by atoms with Crippen LogP contribution >= 0.6 is 23.2 Å². The van der Waals surface area contributed by atoms with Gasteiger partial charge in [-0.2, -0.15) is 5.10 Å². The van der Waals surface area contributed by atoms with E-state index in [0.29, 0.717) is 38.8 Å². The SMILES string of the molecule is O=C(O)Oc1cccc2c1cnn2Cc1cc(Cl)ccc1OCc1ccc(Cl)cc1F. The lowest BCUT2D eigenvalue weighted by Gasteiger charge is -2.13. The Morgan fingerprint density at radius 2 is 1.81 bits per heavy atom. The summed E-state index contributed by atoms with van der Waals surface area (Å²) in [5, 5.41) is 14.6. The van der Waals surface area contributed by atoms with Crippen LogP contribution in [0.2, 0.25) is 10.0 Å². The highest BCUT2D eigenvalue weighted by molar-refractivity contribution is 6.30. The fraction of sp³-hybridized carbons (Fsp3) is 0.0909. The molecule has 9 heteroatoms. The largest absolute Gasteiger partial charge is 0.511 e. The molecule has 4 rings (SSSR count). The molecule has 0 saturated carbocycles. The van der Waals surface area contributed by atoms with E-state index in [0.717, 1.165) is 5.56 Å². The lowest BCUT2D eigenvalue weighted by atomic mass is 10.2. The molecule has 0 spiro atoms. The van der Waals surface area contributed by atoms with Crippen LogP contribution in [-0.2, 0) is 13.2 Å². The summed E-state index contributed by atoms with van der Waals surface area (Å²) in [6.07, 6.45) is 0.127. The zero-order valence-electron chi connectivity index (χ0n) is 15.9. The number of hydrogen-bond donors (Lipinski definition) is 1. The number of carbonyl (C=O) groups is 1. The van der Waals surface area contributed by atoms with Gasteiger partial charge in [0, 0.05) is 21.2 Å². The Morgan fingerprint density at radius 3 is 2.58 bits per heavy atom. The number of rotatable bonds is 6. The maximum absolute atomic E-state index is 14.1. The quantitative estimate of drug-likeness (QED) is 0.275. The highest BCUT2D eigenvalue weighted by Gasteiger charge is 2.14. The van der Waals surface area contributed by atoms with E-state index < -0.39 is 12.0 Å². The molecular weight excluding hydrogens is 446 g/mol. The van der Waals surface area contributed by atoms with Crippen LogP contribution in [0.25, 0.3) is 10.9 Å². The highest BCUT2D eigenvalue weighted by atomic mass is 35.5. The minimum absolute atomic E-state index is 0.00802. The highest BCUT2D eigenvalue weighted by Crippen LogP contribution is 2.29. The van der Waals surface area contributed by atoms with Crippen LogP contribution in [0.1, 0.15) is 11.1 Å². The third kappa shape index (κ3) is 4.73. The summed E-state index contributed by atoms with van der Waals surface area (Å²) < 4.78 is 26.4. The molecule has 0 unspecified atom stereocenters. The number of benzene rings is 3. The molecule has 3 aromatic carbocycles. The van der Waals surface area contributed by atoms with E-state index in [1.807, 2.05) is 0 Å². The lowest BCUT2D eigenvalue weighted by Crippen LogP contribution is -2.06. The summed E-state index contributed by atoms with van der Waals surface area (Å²) in [6.45, 7) is 0.299. The first-order valence-electron chi connectivity index (χ1n) is 9.11. The van der Waals surface area contributed by atoms with Crippen LogP contribution in [0.5, 0.6) is 11.5 Å². The van der Waals surface area contributed by atoms with E-state index in [1.54, 1.807) is 53.2 Å². The number of ether oxygens (including phenoxy) is 2. The van der Waals surface area contributed by atoms with Gasteiger partial charge >= 0.3 is 6.16 Å². The number of halogens is 3. The zero-order chi connectivity index (χ0) is 22.0. The normalized spacial score (nSPS) is 10.9. The van der Waals surface area contributed by atoms with Gasteiger partial charge < -0.3 is 14.6 Å². The van der Waals surface area contributed by atoms with Gasteiger partial charge in [0.25, 0.3) is 0 Å². The molecule has 0 aliphatic rings. The van der Waals surface area contributed by atoms with E-state index >= 15 is 0 Å². The molecule has 31 heavy (non-hydrogen) atoms. The Morgan fingerprint density at radius 1 is 1.03 bits per heavy atom. The maximum Gasteiger partial charge on any atom is 0.511 e. The second kappa shape index (κ2) is 8.83. The van der Waals surface area contributed by atoms with E-state index in [-0.39, 0.29) is 12.4 Å². The predicted octanol–water partition coefficient (Wildman–Crippen LogP) is 6.17. The Bertz CT molecular complexity index is 1280. The Kier molecular flexibility index (Phi) is 5.97. The lowest BCUT2D eigenvalue weighted by molar-refractivity contribution is 0.145. The van der Waals surface area contributed by atoms with Gasteiger partial charge in [-0.3, -0.25) is 4.68 Å². The van der Waals surface area contributed by atoms with E-state index in [2.05, 4.69) is 5.10 Å². The van der Waals surface area contributed by atoms with Gasteiger partial charge in [0.2, 0.25) is 0 Å². The molecule has 4 aromatic rings. The van der Waals surface area contributed by atoms with Gasteiger partial charge in [-0.1, -0.05) is 35.3 Å². The van der Waals surface area contributed by atoms with Crippen molar-refractivity contribution in [2.24, 2.45) is 0 Å². The van der Waals surface area contributed by atoms with Crippen molar-refractivity contribution in [2.75, 3.05) is 0 Å². The van der Waals surface area contributed by atoms with Crippen molar-refractivity contribution in [3.8, 4) is 11.5 Å². The van der Waals surface area contributed by atoms with Crippen molar-refractivity contribution < 1.29 is 23.8 Å². The molecule has 0 radical (unpaired) electrons. The molecule has 1 N–H and O–H groups in total. The fourth-order valence-corrected chi connectivity index (χ4v) is 3.51. The second-order valence-electron chi connectivity index (χ2n) is 6.64. The molecule has 0 aliphatic heterocycles. The molecule has 0 saturated heterocycles. The minimum Gasteiger partial charge on any atom is -0.488 e. The predicted molar refractivity (Wildman–Crippen MR) is 115 cm³/mol. The summed E-state index contributed by atoms with van der Waals surface area (Å²) in [5.74, 6) is 0.254. The van der Waals surface area contributed by atoms with Gasteiger partial charge in [0.05, 0.1) is 23.6 Å². The van der Waals surface area contributed by atoms with Crippen LogP contribution in [-0.4, -0.2) is 21.0 Å². The smallest absolute Gasteiger partial charge is 0.488 e. The van der Waals surface area contributed by atoms with Crippen molar-refractivity contribution in [3.05, 3.63) is 87.8 Å². The monoisotopic (exact) mass is 460 g/mol. The minimum atomic E-state index is -1.40. The first-order chi connectivity index (χ1) is 14.9. The Labute approximate surface area is 186 Å². The van der Waals surface area contributed by atoms with Crippen molar-refractivity contribution in [1.29, 1.82) is 0 Å². The van der Waals surface area contributed by atoms with Gasteiger partial charge in [-0.05, 0) is 42.5 Å². The number of nitrogens with zero attached hydrogens (tertiary/aromatic N) is 2. The van der Waals surface area contributed by atoms with Gasteiger partial charge in [0.1, 0.15) is 23.9 Å². The van der Waals surface area contributed by atoms with E-state index in [9.17, 15) is 9.18 Å². The second-order valence-corrected chi connectivity index (χ2v) is 7.51. The number of fused-ring (bicyclic) bond motifs is 1. The maximum atomic E-state index is 14.1. The van der Waals surface area contributed by atoms with Crippen molar-refractivity contribution in [1.82, 2.24) is 9.78 Å². The van der Waals surface area contributed by atoms with Crippen LogP contribution in [0.15, 0.2) is 60.8 Å². The molecule has 1 aromatic heterocycles. The third-order valence-electron chi connectivity index (χ3n) is 4.59. The Balaban J connectivity index is 1.62. The fourth-order valence-electron chi connectivity index (χ4n) is 3.15. The molecule has 0 fully saturated rings. The van der Waals surface area contributed by atoms with Crippen molar-refractivity contribution >= 4 is 40.3 Å². The first-order valence-corrected chi connectivity index (χ1v) is 9.87. The van der Waals surface area contributed by atoms with E-state index in [1.165, 1.54) is 12.3 Å². The summed E-state index contributed by atoms with van der Waals surface area (Å²) in [5.41, 5.74) is 1.76. The van der Waals surface area contributed by atoms with E-state index in [4.69, 9.17) is 37.8 Å². The van der Waals surface area contributed by atoms with Gasteiger partial charge in [-0.25, -0.2) is 9.18 Å². The molecule has 0 aliphatic carbocycles. The topological polar surface area (TPSA) is 73.6 Å². The summed E-state index contributed by atoms with van der Waals surface area (Å²) in [4.78, 5) is 10.9. The number of aromatic nitrogens is 2. The molecule has 6 nitrogen and oxygen atoms in total. The molecule has 0 amide bonds. The third-order valence-corrected chi connectivity index (χ3v) is 5.06. The molecule has 0 bridgehead atoms. The molecule has 158 valence electrons.